The average Bonchev–Trinajstić information content (AvgIpc) is 2.53. The highest BCUT2D eigenvalue weighted by molar-refractivity contribution is 5.18. The number of nitrogens with zero attached hydrogens (tertiary/aromatic N) is 2. The first kappa shape index (κ1) is 9.98. The molecule has 5 nitrogen and oxygen atoms in total. The second-order valence-electron chi connectivity index (χ2n) is 2.99. The Bertz CT molecular complexity index is 248. The maximum Gasteiger partial charge on any atom is 0.315 e. The van der Waals surface area contributed by atoms with Crippen molar-refractivity contribution in [3.63, 3.8) is 0 Å². The van der Waals surface area contributed by atoms with E-state index in [1.807, 2.05) is 0 Å². The molecule has 0 fully saturated rings. The molecule has 0 saturated carbocycles. The first-order valence-electron chi connectivity index (χ1n) is 4.55. The zero-order chi connectivity index (χ0) is 9.68. The summed E-state index contributed by atoms with van der Waals surface area (Å²) in [5.41, 5.74) is 5.35. The fraction of sp³-hybridized carbons (Fsp3) is 0.750. The van der Waals surface area contributed by atoms with Gasteiger partial charge < -0.3 is 15.5 Å². The third kappa shape index (κ3) is 3.02. The van der Waals surface area contributed by atoms with Crippen LogP contribution < -0.4 is 11.1 Å². The van der Waals surface area contributed by atoms with Gasteiger partial charge >= 0.3 is 6.01 Å². The van der Waals surface area contributed by atoms with Crippen LogP contribution in [0.2, 0.25) is 0 Å². The topological polar surface area (TPSA) is 77.0 Å². The molecular formula is C8H16N4O. The summed E-state index contributed by atoms with van der Waals surface area (Å²) in [7, 11) is 0. The van der Waals surface area contributed by atoms with Crippen molar-refractivity contribution in [2.75, 3.05) is 11.9 Å². The molecule has 1 atom stereocenters. The normalized spacial score (nSPS) is 12.8. The quantitative estimate of drug-likeness (QED) is 0.707. The number of aromatic nitrogens is 2. The fourth-order valence-electron chi connectivity index (χ4n) is 0.849. The summed E-state index contributed by atoms with van der Waals surface area (Å²) in [5.74, 6) is 0.591. The molecule has 0 aliphatic carbocycles. The van der Waals surface area contributed by atoms with Gasteiger partial charge in [0.2, 0.25) is 5.89 Å². The minimum absolute atomic E-state index is 0.353. The zero-order valence-electron chi connectivity index (χ0n) is 8.08. The van der Waals surface area contributed by atoms with E-state index in [9.17, 15) is 0 Å². The summed E-state index contributed by atoms with van der Waals surface area (Å²) in [5, 5.41) is 10.8. The number of hydrogen-bond donors (Lipinski definition) is 2. The lowest BCUT2D eigenvalue weighted by atomic mass is 10.3. The second-order valence-corrected chi connectivity index (χ2v) is 2.99. The van der Waals surface area contributed by atoms with Crippen LogP contribution in [-0.4, -0.2) is 22.8 Å². The van der Waals surface area contributed by atoms with Gasteiger partial charge in [0.25, 0.3) is 0 Å². The van der Waals surface area contributed by atoms with Gasteiger partial charge in [0.05, 0.1) is 0 Å². The summed E-state index contributed by atoms with van der Waals surface area (Å²) in [6.07, 6.45) is 1.66. The van der Waals surface area contributed by atoms with Crippen LogP contribution in [0, 0.1) is 0 Å². The highest BCUT2D eigenvalue weighted by atomic mass is 16.4. The van der Waals surface area contributed by atoms with Gasteiger partial charge in [-0.05, 0) is 13.3 Å². The molecule has 0 saturated heterocycles. The Kier molecular flexibility index (Phi) is 3.70. The molecule has 0 amide bonds. The van der Waals surface area contributed by atoms with Crippen molar-refractivity contribution in [1.82, 2.24) is 10.2 Å². The lowest BCUT2D eigenvalue weighted by Gasteiger charge is -2.06. The van der Waals surface area contributed by atoms with Gasteiger partial charge in [-0.1, -0.05) is 12.0 Å². The van der Waals surface area contributed by atoms with Crippen LogP contribution in [0.15, 0.2) is 4.42 Å². The Morgan fingerprint density at radius 1 is 1.54 bits per heavy atom. The van der Waals surface area contributed by atoms with Gasteiger partial charge in [0.1, 0.15) is 0 Å². The van der Waals surface area contributed by atoms with Crippen molar-refractivity contribution in [2.45, 2.75) is 32.7 Å². The van der Waals surface area contributed by atoms with Crippen molar-refractivity contribution in [1.29, 1.82) is 0 Å². The summed E-state index contributed by atoms with van der Waals surface area (Å²) < 4.78 is 5.28. The summed E-state index contributed by atoms with van der Waals surface area (Å²) in [6, 6.07) is 0.837. The van der Waals surface area contributed by atoms with Gasteiger partial charge in [-0.2, -0.15) is 0 Å². The van der Waals surface area contributed by atoms with Crippen molar-refractivity contribution < 1.29 is 4.42 Å². The number of nitrogens with one attached hydrogen (secondary N) is 1. The van der Waals surface area contributed by atoms with Gasteiger partial charge in [-0.3, -0.25) is 0 Å². The second kappa shape index (κ2) is 4.81. The molecule has 1 aromatic rings. The molecule has 0 aromatic carbocycles. The number of nitrogens with two attached hydrogens (primary N) is 1. The molecule has 1 unspecified atom stereocenters. The Labute approximate surface area is 77.7 Å². The Morgan fingerprint density at radius 2 is 2.31 bits per heavy atom. The first-order valence-corrected chi connectivity index (χ1v) is 4.55. The molecule has 0 radical (unpaired) electrons. The minimum Gasteiger partial charge on any atom is -0.408 e. The average molecular weight is 184 g/mol. The van der Waals surface area contributed by atoms with Crippen molar-refractivity contribution >= 4 is 6.01 Å². The molecular weight excluding hydrogens is 168 g/mol. The van der Waals surface area contributed by atoms with Gasteiger partial charge in [-0.25, -0.2) is 0 Å². The molecule has 5 heteroatoms. The molecule has 3 N–H and O–H groups in total. The van der Waals surface area contributed by atoms with E-state index in [-0.39, 0.29) is 0 Å². The number of hydrogen-bond acceptors (Lipinski definition) is 5. The standard InChI is InChI=1S/C8H16N4O/c1-3-6(2)10-8-12-11-7(13-8)4-5-9/h6H,3-5,9H2,1-2H3,(H,10,12). The molecule has 13 heavy (non-hydrogen) atoms. The van der Waals surface area contributed by atoms with E-state index < -0.39 is 0 Å². The van der Waals surface area contributed by atoms with Crippen LogP contribution in [-0.2, 0) is 6.42 Å². The van der Waals surface area contributed by atoms with Crippen LogP contribution in [0.25, 0.3) is 0 Å². The first-order chi connectivity index (χ1) is 6.26. The zero-order valence-corrected chi connectivity index (χ0v) is 8.08. The molecule has 74 valence electrons. The van der Waals surface area contributed by atoms with Crippen molar-refractivity contribution in [3.05, 3.63) is 5.89 Å². The molecule has 1 heterocycles. The van der Waals surface area contributed by atoms with Crippen LogP contribution in [0.5, 0.6) is 0 Å². The summed E-state index contributed by atoms with van der Waals surface area (Å²) >= 11 is 0. The van der Waals surface area contributed by atoms with Crippen LogP contribution in [0.3, 0.4) is 0 Å². The molecule has 1 rings (SSSR count). The highest BCUT2D eigenvalue weighted by Gasteiger charge is 2.06. The van der Waals surface area contributed by atoms with Crippen molar-refractivity contribution in [2.24, 2.45) is 5.73 Å². The van der Waals surface area contributed by atoms with Gasteiger partial charge in [0.15, 0.2) is 0 Å². The van der Waals surface area contributed by atoms with E-state index in [0.29, 0.717) is 30.9 Å². The van der Waals surface area contributed by atoms with Gasteiger partial charge in [0, 0.05) is 19.0 Å². The van der Waals surface area contributed by atoms with E-state index >= 15 is 0 Å². The number of anilines is 1. The highest BCUT2D eigenvalue weighted by Crippen LogP contribution is 2.07. The van der Waals surface area contributed by atoms with Crippen molar-refractivity contribution in [3.8, 4) is 0 Å². The molecule has 0 spiro atoms. The van der Waals surface area contributed by atoms with E-state index in [2.05, 4.69) is 29.4 Å². The van der Waals surface area contributed by atoms with Crippen LogP contribution in [0.1, 0.15) is 26.2 Å². The Morgan fingerprint density at radius 3 is 2.92 bits per heavy atom. The molecule has 1 aromatic heterocycles. The lowest BCUT2D eigenvalue weighted by Crippen LogP contribution is -2.13. The van der Waals surface area contributed by atoms with E-state index in [0.717, 1.165) is 6.42 Å². The van der Waals surface area contributed by atoms with E-state index in [1.54, 1.807) is 0 Å². The molecule has 0 aliphatic rings. The van der Waals surface area contributed by atoms with Crippen LogP contribution >= 0.6 is 0 Å². The SMILES string of the molecule is CCC(C)Nc1nnc(CCN)o1. The fourth-order valence-corrected chi connectivity index (χ4v) is 0.849. The maximum absolute atomic E-state index is 5.35. The third-order valence-electron chi connectivity index (χ3n) is 1.81. The number of rotatable bonds is 5. The maximum atomic E-state index is 5.35. The molecule has 0 bridgehead atoms. The minimum atomic E-state index is 0.353. The smallest absolute Gasteiger partial charge is 0.315 e. The Hall–Kier alpha value is -1.10. The third-order valence-corrected chi connectivity index (χ3v) is 1.81. The Balaban J connectivity index is 2.48. The van der Waals surface area contributed by atoms with Gasteiger partial charge in [-0.15, -0.1) is 5.10 Å². The largest absolute Gasteiger partial charge is 0.408 e. The van der Waals surface area contributed by atoms with Crippen LogP contribution in [0.4, 0.5) is 6.01 Å². The van der Waals surface area contributed by atoms with E-state index in [1.165, 1.54) is 0 Å². The summed E-state index contributed by atoms with van der Waals surface area (Å²) in [4.78, 5) is 0. The lowest BCUT2D eigenvalue weighted by molar-refractivity contribution is 0.500. The monoisotopic (exact) mass is 184 g/mol. The predicted octanol–water partition coefficient (Wildman–Crippen LogP) is 0.781. The summed E-state index contributed by atoms with van der Waals surface area (Å²) in [6.45, 7) is 4.69. The molecule has 0 aliphatic heterocycles. The van der Waals surface area contributed by atoms with E-state index in [4.69, 9.17) is 10.2 Å². The predicted molar refractivity (Wildman–Crippen MR) is 50.4 cm³/mol.